The molecular formula is C8H14ClN. The smallest absolute Gasteiger partial charge is 0.100 e. The van der Waals surface area contributed by atoms with Crippen LogP contribution in [-0.4, -0.2) is 18.0 Å². The maximum absolute atomic E-state index is 5.93. The number of hydrogen-bond donors (Lipinski definition) is 0. The fourth-order valence-corrected chi connectivity index (χ4v) is 1.46. The monoisotopic (exact) mass is 159 g/mol. The van der Waals surface area contributed by atoms with Crippen molar-refractivity contribution in [2.75, 3.05) is 13.1 Å². The lowest BCUT2D eigenvalue weighted by molar-refractivity contribution is 0.300. The molecule has 0 amide bonds. The van der Waals surface area contributed by atoms with Crippen molar-refractivity contribution < 1.29 is 0 Å². The highest BCUT2D eigenvalue weighted by Crippen LogP contribution is 2.16. The Bertz CT molecular complexity index is 125. The van der Waals surface area contributed by atoms with Gasteiger partial charge in [-0.25, -0.2) is 0 Å². The molecule has 1 rings (SSSR count). The average molecular weight is 160 g/mol. The molecule has 1 aliphatic rings. The van der Waals surface area contributed by atoms with Gasteiger partial charge in [-0.1, -0.05) is 17.7 Å². The van der Waals surface area contributed by atoms with Crippen LogP contribution in [0.2, 0.25) is 0 Å². The molecular weight excluding hydrogens is 146 g/mol. The Kier molecular flexibility index (Phi) is 3.07. The highest BCUT2D eigenvalue weighted by molar-refractivity contribution is 6.29. The number of nitrogens with zero attached hydrogens (tertiary/aromatic N) is 1. The largest absolute Gasteiger partial charge is 0.363 e. The van der Waals surface area contributed by atoms with E-state index >= 15 is 0 Å². The summed E-state index contributed by atoms with van der Waals surface area (Å²) >= 11 is 5.93. The normalized spacial score (nSPS) is 21.4. The van der Waals surface area contributed by atoms with Gasteiger partial charge in [-0.05, 0) is 26.2 Å². The first-order chi connectivity index (χ1) is 4.84. The Balaban J connectivity index is 2.39. The maximum Gasteiger partial charge on any atom is 0.100 e. The van der Waals surface area contributed by atoms with Crippen molar-refractivity contribution in [2.24, 2.45) is 0 Å². The zero-order valence-corrected chi connectivity index (χ0v) is 7.19. The summed E-state index contributed by atoms with van der Waals surface area (Å²) in [5.41, 5.74) is 0. The van der Waals surface area contributed by atoms with E-state index in [9.17, 15) is 0 Å². The molecule has 58 valence electrons. The Morgan fingerprint density at radius 1 is 1.30 bits per heavy atom. The summed E-state index contributed by atoms with van der Waals surface area (Å²) in [6.45, 7) is 4.27. The second kappa shape index (κ2) is 3.87. The van der Waals surface area contributed by atoms with Crippen LogP contribution in [0.15, 0.2) is 11.2 Å². The van der Waals surface area contributed by atoms with Crippen LogP contribution in [-0.2, 0) is 0 Å². The fourth-order valence-electron chi connectivity index (χ4n) is 1.29. The van der Waals surface area contributed by atoms with E-state index in [1.54, 1.807) is 0 Å². The van der Waals surface area contributed by atoms with Gasteiger partial charge in [-0.15, -0.1) is 0 Å². The topological polar surface area (TPSA) is 3.24 Å². The second-order valence-electron chi connectivity index (χ2n) is 2.66. The molecule has 1 saturated heterocycles. The third-order valence-corrected chi connectivity index (χ3v) is 2.35. The van der Waals surface area contributed by atoms with Gasteiger partial charge < -0.3 is 4.90 Å². The van der Waals surface area contributed by atoms with Gasteiger partial charge in [0.15, 0.2) is 0 Å². The first kappa shape index (κ1) is 7.93. The van der Waals surface area contributed by atoms with Gasteiger partial charge in [0.1, 0.15) is 5.16 Å². The number of allylic oxidation sites excluding steroid dienone is 1. The Morgan fingerprint density at radius 2 is 1.90 bits per heavy atom. The summed E-state index contributed by atoms with van der Waals surface area (Å²) in [6.07, 6.45) is 5.92. The lowest BCUT2D eigenvalue weighted by Crippen LogP contribution is -2.26. The molecule has 1 fully saturated rings. The maximum atomic E-state index is 5.93. The third-order valence-electron chi connectivity index (χ3n) is 1.90. The molecule has 0 N–H and O–H groups in total. The van der Waals surface area contributed by atoms with E-state index in [2.05, 4.69) is 4.90 Å². The van der Waals surface area contributed by atoms with E-state index < -0.39 is 0 Å². The van der Waals surface area contributed by atoms with Crippen molar-refractivity contribution in [2.45, 2.75) is 26.2 Å². The first-order valence-corrected chi connectivity index (χ1v) is 4.29. The van der Waals surface area contributed by atoms with Gasteiger partial charge in [0.05, 0.1) is 0 Å². The van der Waals surface area contributed by atoms with Gasteiger partial charge in [0.2, 0.25) is 0 Å². The minimum absolute atomic E-state index is 0.916. The molecule has 0 spiro atoms. The lowest BCUT2D eigenvalue weighted by atomic mass is 10.1. The highest BCUT2D eigenvalue weighted by atomic mass is 35.5. The van der Waals surface area contributed by atoms with Crippen LogP contribution in [0.1, 0.15) is 26.2 Å². The zero-order chi connectivity index (χ0) is 7.40. The van der Waals surface area contributed by atoms with Crippen molar-refractivity contribution in [3.05, 3.63) is 11.2 Å². The van der Waals surface area contributed by atoms with Gasteiger partial charge in [-0.2, -0.15) is 0 Å². The van der Waals surface area contributed by atoms with Crippen molar-refractivity contribution >= 4 is 11.6 Å². The molecule has 0 atom stereocenters. The SMILES string of the molecule is C/C=C(\Cl)N1CCCCC1. The molecule has 1 heterocycles. The molecule has 0 aromatic carbocycles. The molecule has 1 nitrogen and oxygen atoms in total. The number of likely N-dealkylation sites (tertiary alicyclic amines) is 1. The van der Waals surface area contributed by atoms with Gasteiger partial charge in [0.25, 0.3) is 0 Å². The predicted molar refractivity (Wildman–Crippen MR) is 45.0 cm³/mol. The Labute approximate surface area is 67.7 Å². The van der Waals surface area contributed by atoms with Crippen LogP contribution < -0.4 is 0 Å². The molecule has 0 unspecified atom stereocenters. The standard InChI is InChI=1S/C8H14ClN/c1-2-8(9)10-6-4-3-5-7-10/h2H,3-7H2,1H3/b8-2+. The summed E-state index contributed by atoms with van der Waals surface area (Å²) in [4.78, 5) is 2.24. The molecule has 0 saturated carbocycles. The molecule has 0 aromatic heterocycles. The summed E-state index contributed by atoms with van der Waals surface area (Å²) in [6, 6.07) is 0. The molecule has 10 heavy (non-hydrogen) atoms. The van der Waals surface area contributed by atoms with E-state index in [1.165, 1.54) is 19.3 Å². The van der Waals surface area contributed by atoms with E-state index in [4.69, 9.17) is 11.6 Å². The van der Waals surface area contributed by atoms with Crippen LogP contribution in [0.5, 0.6) is 0 Å². The van der Waals surface area contributed by atoms with E-state index in [1.807, 2.05) is 13.0 Å². The molecule has 0 aromatic rings. The predicted octanol–water partition coefficient (Wildman–Crippen LogP) is 2.57. The number of rotatable bonds is 1. The van der Waals surface area contributed by atoms with Crippen molar-refractivity contribution in [1.82, 2.24) is 4.90 Å². The van der Waals surface area contributed by atoms with E-state index in [0.717, 1.165) is 18.2 Å². The minimum atomic E-state index is 0.916. The van der Waals surface area contributed by atoms with Crippen molar-refractivity contribution in [1.29, 1.82) is 0 Å². The number of halogens is 1. The molecule has 2 heteroatoms. The quantitative estimate of drug-likeness (QED) is 0.532. The molecule has 0 bridgehead atoms. The Morgan fingerprint density at radius 3 is 2.40 bits per heavy atom. The number of piperidine rings is 1. The van der Waals surface area contributed by atoms with Crippen molar-refractivity contribution in [3.63, 3.8) is 0 Å². The van der Waals surface area contributed by atoms with Crippen LogP contribution >= 0.6 is 11.6 Å². The highest BCUT2D eigenvalue weighted by Gasteiger charge is 2.09. The summed E-state index contributed by atoms with van der Waals surface area (Å²) < 4.78 is 0. The van der Waals surface area contributed by atoms with Crippen molar-refractivity contribution in [3.8, 4) is 0 Å². The average Bonchev–Trinajstić information content (AvgIpc) is 2.05. The van der Waals surface area contributed by atoms with Crippen LogP contribution in [0.25, 0.3) is 0 Å². The zero-order valence-electron chi connectivity index (χ0n) is 6.44. The number of hydrogen-bond acceptors (Lipinski definition) is 1. The second-order valence-corrected chi connectivity index (χ2v) is 3.05. The van der Waals surface area contributed by atoms with Crippen LogP contribution in [0, 0.1) is 0 Å². The molecule has 1 aliphatic heterocycles. The molecule has 0 aliphatic carbocycles. The third kappa shape index (κ3) is 1.91. The van der Waals surface area contributed by atoms with Crippen LogP contribution in [0.3, 0.4) is 0 Å². The Hall–Kier alpha value is -0.170. The fraction of sp³-hybridized carbons (Fsp3) is 0.750. The van der Waals surface area contributed by atoms with Gasteiger partial charge in [-0.3, -0.25) is 0 Å². The summed E-state index contributed by atoms with van der Waals surface area (Å²) in [5.74, 6) is 0. The van der Waals surface area contributed by atoms with E-state index in [0.29, 0.717) is 0 Å². The van der Waals surface area contributed by atoms with E-state index in [-0.39, 0.29) is 0 Å². The van der Waals surface area contributed by atoms with Gasteiger partial charge >= 0.3 is 0 Å². The summed E-state index contributed by atoms with van der Waals surface area (Å²) in [5, 5.41) is 0.916. The minimum Gasteiger partial charge on any atom is -0.363 e. The molecule has 0 radical (unpaired) electrons. The van der Waals surface area contributed by atoms with Crippen LogP contribution in [0.4, 0.5) is 0 Å². The summed E-state index contributed by atoms with van der Waals surface area (Å²) in [7, 11) is 0. The van der Waals surface area contributed by atoms with Gasteiger partial charge in [0, 0.05) is 13.1 Å². The lowest BCUT2D eigenvalue weighted by Gasteiger charge is -2.27. The first-order valence-electron chi connectivity index (χ1n) is 3.91.